The Morgan fingerprint density at radius 3 is 2.83 bits per heavy atom. The van der Waals surface area contributed by atoms with Crippen molar-refractivity contribution >= 4 is 5.90 Å². The molecule has 0 aromatic carbocycles. The zero-order valence-corrected chi connectivity index (χ0v) is 7.70. The van der Waals surface area contributed by atoms with Crippen molar-refractivity contribution in [2.45, 2.75) is 20.1 Å². The Balaban J connectivity index is 3.45. The molecule has 0 radical (unpaired) electrons. The average Bonchev–Trinajstić information content (AvgIpc) is 2.04. The van der Waals surface area contributed by atoms with Crippen LogP contribution in [0.15, 0.2) is 5.16 Å². The van der Waals surface area contributed by atoms with Crippen molar-refractivity contribution in [1.82, 2.24) is 5.32 Å². The summed E-state index contributed by atoms with van der Waals surface area (Å²) >= 11 is 0. The molecule has 0 amide bonds. The van der Waals surface area contributed by atoms with Crippen molar-refractivity contribution in [3.8, 4) is 0 Å². The number of hydrogen-bond acceptors (Lipinski definition) is 5. The molecule has 2 N–H and O–H groups in total. The van der Waals surface area contributed by atoms with Crippen LogP contribution in [0.1, 0.15) is 13.8 Å². The lowest BCUT2D eigenvalue weighted by Crippen LogP contribution is -2.29. The number of aliphatic hydroxyl groups is 1. The normalized spacial score (nSPS) is 14.2. The molecule has 0 fully saturated rings. The molecule has 0 saturated carbocycles. The number of hydrogen-bond donors (Lipinski definition) is 2. The molecule has 72 valence electrons. The van der Waals surface area contributed by atoms with Crippen LogP contribution in [-0.2, 0) is 9.57 Å². The van der Waals surface area contributed by atoms with Gasteiger partial charge in [-0.1, -0.05) is 5.16 Å². The van der Waals surface area contributed by atoms with E-state index in [1.54, 1.807) is 14.0 Å². The zero-order chi connectivity index (χ0) is 9.40. The van der Waals surface area contributed by atoms with E-state index in [0.29, 0.717) is 12.5 Å². The van der Waals surface area contributed by atoms with Crippen molar-refractivity contribution in [3.05, 3.63) is 0 Å². The van der Waals surface area contributed by atoms with Crippen molar-refractivity contribution in [1.29, 1.82) is 0 Å². The van der Waals surface area contributed by atoms with E-state index in [1.165, 1.54) is 0 Å². The summed E-state index contributed by atoms with van der Waals surface area (Å²) in [4.78, 5) is 4.75. The van der Waals surface area contributed by atoms with Gasteiger partial charge in [0.2, 0.25) is 5.90 Å². The van der Waals surface area contributed by atoms with Crippen molar-refractivity contribution in [2.24, 2.45) is 5.16 Å². The minimum Gasteiger partial charge on any atom is -0.479 e. The minimum absolute atomic E-state index is 0.112. The van der Waals surface area contributed by atoms with Gasteiger partial charge in [0, 0.05) is 6.92 Å². The molecular weight excluding hydrogens is 160 g/mol. The van der Waals surface area contributed by atoms with Gasteiger partial charge in [-0.05, 0) is 14.0 Å². The zero-order valence-electron chi connectivity index (χ0n) is 7.70. The molecule has 5 nitrogen and oxygen atoms in total. The maximum absolute atomic E-state index is 8.95. The third kappa shape index (κ3) is 5.94. The Bertz CT molecular complexity index is 139. The smallest absolute Gasteiger partial charge is 0.222 e. The van der Waals surface area contributed by atoms with E-state index in [2.05, 4.69) is 10.5 Å². The van der Waals surface area contributed by atoms with Gasteiger partial charge < -0.3 is 14.7 Å². The third-order valence-electron chi connectivity index (χ3n) is 1.11. The maximum atomic E-state index is 8.95. The first-order valence-electron chi connectivity index (χ1n) is 3.85. The second-order valence-electron chi connectivity index (χ2n) is 2.14. The molecule has 0 aromatic heterocycles. The molecule has 0 rings (SSSR count). The molecule has 0 aliphatic carbocycles. The molecule has 12 heavy (non-hydrogen) atoms. The van der Waals surface area contributed by atoms with Crippen LogP contribution in [0.5, 0.6) is 0 Å². The predicted molar refractivity (Wildman–Crippen MR) is 45.8 cm³/mol. The number of rotatable bonds is 5. The standard InChI is InChI=1S/C7H16N2O3/c1-4-11-6(2)9-12-5-7(10)8-3/h7-8,10H,4-5H2,1-3H3/b9-6-. The topological polar surface area (TPSA) is 63.1 Å². The summed E-state index contributed by atoms with van der Waals surface area (Å²) in [5, 5.41) is 15.1. The monoisotopic (exact) mass is 176 g/mol. The lowest BCUT2D eigenvalue weighted by Gasteiger charge is -2.07. The number of ether oxygens (including phenoxy) is 1. The van der Waals surface area contributed by atoms with E-state index in [4.69, 9.17) is 14.7 Å². The van der Waals surface area contributed by atoms with Gasteiger partial charge in [0.25, 0.3) is 0 Å². The molecule has 0 aromatic rings. The summed E-state index contributed by atoms with van der Waals surface area (Å²) in [5.41, 5.74) is 0. The Morgan fingerprint density at radius 1 is 1.67 bits per heavy atom. The van der Waals surface area contributed by atoms with Crippen LogP contribution in [0.2, 0.25) is 0 Å². The van der Waals surface area contributed by atoms with E-state index < -0.39 is 6.23 Å². The third-order valence-corrected chi connectivity index (χ3v) is 1.11. The molecule has 0 bridgehead atoms. The quantitative estimate of drug-likeness (QED) is 0.266. The highest BCUT2D eigenvalue weighted by Crippen LogP contribution is 1.85. The highest BCUT2D eigenvalue weighted by molar-refractivity contribution is 5.72. The Kier molecular flexibility index (Phi) is 6.41. The first kappa shape index (κ1) is 11.2. The predicted octanol–water partition coefficient (Wildman–Crippen LogP) is -0.0893. The Hall–Kier alpha value is -0.810. The summed E-state index contributed by atoms with van der Waals surface area (Å²) in [6, 6.07) is 0. The second-order valence-corrected chi connectivity index (χ2v) is 2.14. The van der Waals surface area contributed by atoms with Gasteiger partial charge in [0.05, 0.1) is 6.61 Å². The maximum Gasteiger partial charge on any atom is 0.222 e. The van der Waals surface area contributed by atoms with Crippen LogP contribution in [0.25, 0.3) is 0 Å². The van der Waals surface area contributed by atoms with Gasteiger partial charge in [-0.2, -0.15) is 0 Å². The summed E-state index contributed by atoms with van der Waals surface area (Å²) in [5.74, 6) is 0.459. The fourth-order valence-electron chi connectivity index (χ4n) is 0.517. The number of oxime groups is 1. The van der Waals surface area contributed by atoms with Gasteiger partial charge in [-0.15, -0.1) is 0 Å². The van der Waals surface area contributed by atoms with E-state index in [9.17, 15) is 0 Å². The lowest BCUT2D eigenvalue weighted by molar-refractivity contribution is 0.0227. The summed E-state index contributed by atoms with van der Waals surface area (Å²) in [6.45, 7) is 4.23. The molecular formula is C7H16N2O3. The minimum atomic E-state index is -0.692. The molecule has 0 aliphatic rings. The number of nitrogens with one attached hydrogen (secondary N) is 1. The molecule has 0 spiro atoms. The van der Waals surface area contributed by atoms with Gasteiger partial charge in [0.1, 0.15) is 6.23 Å². The summed E-state index contributed by atoms with van der Waals surface area (Å²) < 4.78 is 4.98. The first-order valence-corrected chi connectivity index (χ1v) is 3.85. The first-order chi connectivity index (χ1) is 5.70. The van der Waals surface area contributed by atoms with Crippen LogP contribution in [0.4, 0.5) is 0 Å². The number of nitrogens with zero attached hydrogens (tertiary/aromatic N) is 1. The number of likely N-dealkylation sites (N-methyl/N-ethyl adjacent to an activating group) is 1. The molecule has 0 aliphatic heterocycles. The molecule has 1 unspecified atom stereocenters. The van der Waals surface area contributed by atoms with Crippen molar-refractivity contribution < 1.29 is 14.7 Å². The fourth-order valence-corrected chi connectivity index (χ4v) is 0.517. The molecule has 1 atom stereocenters. The van der Waals surface area contributed by atoms with Crippen LogP contribution >= 0.6 is 0 Å². The summed E-state index contributed by atoms with van der Waals surface area (Å²) in [7, 11) is 1.63. The molecule has 5 heteroatoms. The Labute approximate surface area is 72.3 Å². The SMILES string of the molecule is CCO/C(C)=N\OCC(O)NC. The van der Waals surface area contributed by atoms with E-state index >= 15 is 0 Å². The van der Waals surface area contributed by atoms with Gasteiger partial charge in [-0.25, -0.2) is 0 Å². The van der Waals surface area contributed by atoms with Gasteiger partial charge in [0.15, 0.2) is 6.61 Å². The van der Waals surface area contributed by atoms with E-state index in [1.807, 2.05) is 6.92 Å². The van der Waals surface area contributed by atoms with E-state index in [0.717, 1.165) is 0 Å². The molecule has 0 heterocycles. The van der Waals surface area contributed by atoms with Crippen LogP contribution in [0, 0.1) is 0 Å². The number of aliphatic hydroxyl groups excluding tert-OH is 1. The van der Waals surface area contributed by atoms with Crippen LogP contribution in [0.3, 0.4) is 0 Å². The van der Waals surface area contributed by atoms with Gasteiger partial charge in [-0.3, -0.25) is 5.32 Å². The van der Waals surface area contributed by atoms with Gasteiger partial charge >= 0.3 is 0 Å². The summed E-state index contributed by atoms with van der Waals surface area (Å²) in [6.07, 6.45) is -0.692. The fraction of sp³-hybridized carbons (Fsp3) is 0.857. The lowest BCUT2D eigenvalue weighted by atomic mass is 10.6. The van der Waals surface area contributed by atoms with Crippen LogP contribution < -0.4 is 5.32 Å². The Morgan fingerprint density at radius 2 is 2.33 bits per heavy atom. The van der Waals surface area contributed by atoms with Crippen molar-refractivity contribution in [2.75, 3.05) is 20.3 Å². The largest absolute Gasteiger partial charge is 0.479 e. The molecule has 0 saturated heterocycles. The van der Waals surface area contributed by atoms with Crippen LogP contribution in [-0.4, -0.2) is 37.5 Å². The second kappa shape index (κ2) is 6.87. The van der Waals surface area contributed by atoms with Crippen molar-refractivity contribution in [3.63, 3.8) is 0 Å². The van der Waals surface area contributed by atoms with E-state index in [-0.39, 0.29) is 6.61 Å². The average molecular weight is 176 g/mol. The highest BCUT2D eigenvalue weighted by Gasteiger charge is 1.98. The highest BCUT2D eigenvalue weighted by atomic mass is 16.7.